The van der Waals surface area contributed by atoms with Gasteiger partial charge in [-0.15, -0.1) is 0 Å². The lowest BCUT2D eigenvalue weighted by Gasteiger charge is -2.23. The minimum atomic E-state index is -0.271. The summed E-state index contributed by atoms with van der Waals surface area (Å²) in [6.07, 6.45) is 0. The zero-order valence-electron chi connectivity index (χ0n) is 12.6. The van der Waals surface area contributed by atoms with E-state index in [4.69, 9.17) is 21.1 Å². The normalized spacial score (nSPS) is 12.7. The van der Waals surface area contributed by atoms with Gasteiger partial charge in [0.1, 0.15) is 13.2 Å². The number of benzene rings is 1. The summed E-state index contributed by atoms with van der Waals surface area (Å²) in [6.45, 7) is 5.45. The van der Waals surface area contributed by atoms with Crippen LogP contribution in [0.1, 0.15) is 24.2 Å². The van der Waals surface area contributed by atoms with Crippen molar-refractivity contribution in [1.29, 1.82) is 0 Å². The Morgan fingerprint density at radius 1 is 1.27 bits per heavy atom. The molecule has 0 fully saturated rings. The van der Waals surface area contributed by atoms with Crippen molar-refractivity contribution in [3.8, 4) is 11.5 Å². The first kappa shape index (κ1) is 16.4. The summed E-state index contributed by atoms with van der Waals surface area (Å²) in [6, 6.07) is 3.14. The maximum Gasteiger partial charge on any atom is 0.254 e. The van der Waals surface area contributed by atoms with E-state index in [1.807, 2.05) is 13.8 Å². The number of hydrogen-bond donors (Lipinski definition) is 1. The molecule has 0 spiro atoms. The van der Waals surface area contributed by atoms with Crippen LogP contribution in [0, 0.1) is 0 Å². The van der Waals surface area contributed by atoms with Gasteiger partial charge in [0.25, 0.3) is 5.91 Å². The van der Waals surface area contributed by atoms with E-state index in [9.17, 15) is 9.59 Å². The van der Waals surface area contributed by atoms with Gasteiger partial charge in [-0.1, -0.05) is 11.6 Å². The van der Waals surface area contributed by atoms with E-state index in [1.54, 1.807) is 6.07 Å². The number of nitrogens with one attached hydrogen (secondary N) is 1. The van der Waals surface area contributed by atoms with E-state index < -0.39 is 0 Å². The standard InChI is InChI=1S/C15H19ClN2O4/c1-3-17-13(19)9-18(4-2)15(20)10-7-11(16)14-12(8-10)21-5-6-22-14/h7-8H,3-6,9H2,1-2H3,(H,17,19). The number of nitrogens with zero attached hydrogens (tertiary/aromatic N) is 1. The highest BCUT2D eigenvalue weighted by molar-refractivity contribution is 6.32. The van der Waals surface area contributed by atoms with Crippen LogP contribution in [0.2, 0.25) is 5.02 Å². The van der Waals surface area contributed by atoms with Crippen LogP contribution < -0.4 is 14.8 Å². The molecule has 1 aromatic rings. The van der Waals surface area contributed by atoms with Crippen molar-refractivity contribution in [3.63, 3.8) is 0 Å². The quantitative estimate of drug-likeness (QED) is 0.894. The number of halogens is 1. The number of ether oxygens (including phenoxy) is 2. The Hall–Kier alpha value is -1.95. The van der Waals surface area contributed by atoms with Crippen LogP contribution in [-0.4, -0.2) is 49.6 Å². The second-order valence-corrected chi connectivity index (χ2v) is 5.16. The molecule has 0 atom stereocenters. The first-order valence-corrected chi connectivity index (χ1v) is 7.59. The number of fused-ring (bicyclic) bond motifs is 1. The number of carbonyl (C=O) groups is 2. The van der Waals surface area contributed by atoms with Crippen LogP contribution in [0.15, 0.2) is 12.1 Å². The highest BCUT2D eigenvalue weighted by Gasteiger charge is 2.22. The highest BCUT2D eigenvalue weighted by Crippen LogP contribution is 2.38. The molecule has 1 aliphatic heterocycles. The van der Waals surface area contributed by atoms with Gasteiger partial charge in [-0.05, 0) is 26.0 Å². The Bertz CT molecular complexity index is 577. The molecule has 120 valence electrons. The smallest absolute Gasteiger partial charge is 0.254 e. The molecule has 0 aliphatic carbocycles. The maximum absolute atomic E-state index is 12.5. The number of likely N-dealkylation sites (N-methyl/N-ethyl adjacent to an activating group) is 2. The van der Waals surface area contributed by atoms with Gasteiger partial charge in [0.2, 0.25) is 5.91 Å². The Kier molecular flexibility index (Phi) is 5.49. The molecule has 1 aromatic carbocycles. The largest absolute Gasteiger partial charge is 0.486 e. The molecule has 0 aromatic heterocycles. The van der Waals surface area contributed by atoms with Crippen LogP contribution in [0.5, 0.6) is 11.5 Å². The molecule has 6 nitrogen and oxygen atoms in total. The van der Waals surface area contributed by atoms with E-state index in [-0.39, 0.29) is 18.4 Å². The van der Waals surface area contributed by atoms with E-state index in [0.717, 1.165) is 0 Å². The summed E-state index contributed by atoms with van der Waals surface area (Å²) in [5, 5.41) is 3.00. The molecule has 22 heavy (non-hydrogen) atoms. The average molecular weight is 327 g/mol. The molecule has 7 heteroatoms. The van der Waals surface area contributed by atoms with Gasteiger partial charge >= 0.3 is 0 Å². The molecule has 0 saturated heterocycles. The van der Waals surface area contributed by atoms with E-state index in [2.05, 4.69) is 5.32 Å². The monoisotopic (exact) mass is 326 g/mol. The van der Waals surface area contributed by atoms with Crippen molar-refractivity contribution in [2.45, 2.75) is 13.8 Å². The SMILES string of the molecule is CCNC(=O)CN(CC)C(=O)c1cc(Cl)c2c(c1)OCCO2. The molecule has 1 heterocycles. The predicted molar refractivity (Wildman–Crippen MR) is 82.7 cm³/mol. The summed E-state index contributed by atoms with van der Waals surface area (Å²) in [7, 11) is 0. The molecular weight excluding hydrogens is 308 g/mol. The van der Waals surface area contributed by atoms with E-state index in [0.29, 0.717) is 48.4 Å². The third kappa shape index (κ3) is 3.62. The zero-order valence-corrected chi connectivity index (χ0v) is 13.4. The second-order valence-electron chi connectivity index (χ2n) is 4.76. The highest BCUT2D eigenvalue weighted by atomic mass is 35.5. The van der Waals surface area contributed by atoms with Crippen molar-refractivity contribution >= 4 is 23.4 Å². The minimum absolute atomic E-state index is 0.00916. The Morgan fingerprint density at radius 2 is 2.00 bits per heavy atom. The van der Waals surface area contributed by atoms with Crippen LogP contribution in [-0.2, 0) is 4.79 Å². The molecule has 1 N–H and O–H groups in total. The topological polar surface area (TPSA) is 67.9 Å². The van der Waals surface area contributed by atoms with Crippen LogP contribution in [0.3, 0.4) is 0 Å². The van der Waals surface area contributed by atoms with Crippen molar-refractivity contribution in [2.75, 3.05) is 32.8 Å². The van der Waals surface area contributed by atoms with Gasteiger partial charge < -0.3 is 19.7 Å². The van der Waals surface area contributed by atoms with Crippen molar-refractivity contribution < 1.29 is 19.1 Å². The molecule has 1 aliphatic rings. The first-order chi connectivity index (χ1) is 10.6. The molecule has 0 bridgehead atoms. The van der Waals surface area contributed by atoms with E-state index >= 15 is 0 Å². The van der Waals surface area contributed by atoms with Gasteiger partial charge in [0.15, 0.2) is 11.5 Å². The lowest BCUT2D eigenvalue weighted by Crippen LogP contribution is -2.40. The van der Waals surface area contributed by atoms with Crippen molar-refractivity contribution in [2.24, 2.45) is 0 Å². The number of amides is 2. The lowest BCUT2D eigenvalue weighted by molar-refractivity contribution is -0.121. The fraction of sp³-hybridized carbons (Fsp3) is 0.467. The third-order valence-corrected chi connectivity index (χ3v) is 3.50. The second kappa shape index (κ2) is 7.35. The van der Waals surface area contributed by atoms with Gasteiger partial charge in [-0.25, -0.2) is 0 Å². The molecule has 2 amide bonds. The van der Waals surface area contributed by atoms with Gasteiger partial charge in [0.05, 0.1) is 11.6 Å². The van der Waals surface area contributed by atoms with Crippen molar-refractivity contribution in [3.05, 3.63) is 22.7 Å². The van der Waals surface area contributed by atoms with Gasteiger partial charge in [-0.3, -0.25) is 9.59 Å². The van der Waals surface area contributed by atoms with Crippen LogP contribution in [0.25, 0.3) is 0 Å². The molecule has 0 saturated carbocycles. The predicted octanol–water partition coefficient (Wildman–Crippen LogP) is 1.71. The lowest BCUT2D eigenvalue weighted by atomic mass is 10.1. The Morgan fingerprint density at radius 3 is 2.68 bits per heavy atom. The summed E-state index contributed by atoms with van der Waals surface area (Å²) in [5.74, 6) is 0.446. The first-order valence-electron chi connectivity index (χ1n) is 7.21. The molecule has 0 radical (unpaired) electrons. The maximum atomic E-state index is 12.5. The summed E-state index contributed by atoms with van der Waals surface area (Å²) < 4.78 is 10.9. The van der Waals surface area contributed by atoms with E-state index in [1.165, 1.54) is 11.0 Å². The van der Waals surface area contributed by atoms with Crippen LogP contribution >= 0.6 is 11.6 Å². The van der Waals surface area contributed by atoms with Gasteiger partial charge in [0, 0.05) is 18.7 Å². The fourth-order valence-corrected chi connectivity index (χ4v) is 2.44. The number of rotatable bonds is 5. The summed E-state index contributed by atoms with van der Waals surface area (Å²) in [4.78, 5) is 25.7. The summed E-state index contributed by atoms with van der Waals surface area (Å²) >= 11 is 6.14. The Labute approximate surface area is 134 Å². The van der Waals surface area contributed by atoms with Crippen molar-refractivity contribution in [1.82, 2.24) is 10.2 Å². The third-order valence-electron chi connectivity index (χ3n) is 3.22. The number of carbonyl (C=O) groups excluding carboxylic acids is 2. The average Bonchev–Trinajstić information content (AvgIpc) is 2.52. The Balaban J connectivity index is 2.20. The molecular formula is C15H19ClN2O4. The number of hydrogen-bond acceptors (Lipinski definition) is 4. The fourth-order valence-electron chi connectivity index (χ4n) is 2.17. The minimum Gasteiger partial charge on any atom is -0.486 e. The van der Waals surface area contributed by atoms with Crippen LogP contribution in [0.4, 0.5) is 0 Å². The molecule has 0 unspecified atom stereocenters. The summed E-state index contributed by atoms with van der Waals surface area (Å²) in [5.41, 5.74) is 0.375. The molecule has 2 rings (SSSR count). The van der Waals surface area contributed by atoms with Gasteiger partial charge in [-0.2, -0.15) is 0 Å². The zero-order chi connectivity index (χ0) is 16.1.